The van der Waals surface area contributed by atoms with Crippen LogP contribution in [0.5, 0.6) is 0 Å². The van der Waals surface area contributed by atoms with Crippen molar-refractivity contribution in [3.63, 3.8) is 0 Å². The third-order valence-electron chi connectivity index (χ3n) is 2.71. The summed E-state index contributed by atoms with van der Waals surface area (Å²) in [6.45, 7) is 5.05. The zero-order valence-corrected chi connectivity index (χ0v) is 12.3. The first kappa shape index (κ1) is 15.9. The zero-order chi connectivity index (χ0) is 16.5. The number of benzene rings is 1. The molecule has 0 aliphatic heterocycles. The van der Waals surface area contributed by atoms with E-state index < -0.39 is 23.3 Å². The predicted molar refractivity (Wildman–Crippen MR) is 74.6 cm³/mol. The summed E-state index contributed by atoms with van der Waals surface area (Å²) >= 11 is 0. The summed E-state index contributed by atoms with van der Waals surface area (Å²) in [5.74, 6) is -2.07. The molecule has 1 aromatic heterocycles. The average Bonchev–Trinajstić information content (AvgIpc) is 2.83. The summed E-state index contributed by atoms with van der Waals surface area (Å²) in [7, 11) is 0. The minimum Gasteiger partial charge on any atom is -0.458 e. The highest BCUT2D eigenvalue weighted by Crippen LogP contribution is 2.27. The summed E-state index contributed by atoms with van der Waals surface area (Å²) in [5, 5.41) is 2.28. The Morgan fingerprint density at radius 3 is 2.64 bits per heavy atom. The van der Waals surface area contributed by atoms with Gasteiger partial charge < -0.3 is 14.5 Å². The zero-order valence-electron chi connectivity index (χ0n) is 12.3. The largest absolute Gasteiger partial charge is 0.458 e. The number of carbonyl (C=O) groups excluding carboxylic acids is 2. The molecule has 0 atom stereocenters. The first-order chi connectivity index (χ1) is 10.2. The number of aldehydes is 1. The molecule has 0 unspecified atom stereocenters. The highest BCUT2D eigenvalue weighted by Gasteiger charge is 2.19. The van der Waals surface area contributed by atoms with Gasteiger partial charge in [0.25, 0.3) is 0 Å². The highest BCUT2D eigenvalue weighted by atomic mass is 19.2. The van der Waals surface area contributed by atoms with Crippen LogP contribution in [-0.4, -0.2) is 18.0 Å². The molecule has 0 spiro atoms. The second-order valence-corrected chi connectivity index (χ2v) is 5.69. The number of fused-ring (bicyclic) bond motifs is 1. The van der Waals surface area contributed by atoms with E-state index >= 15 is 0 Å². The van der Waals surface area contributed by atoms with E-state index in [0.29, 0.717) is 6.29 Å². The summed E-state index contributed by atoms with van der Waals surface area (Å²) in [6.07, 6.45) is -0.297. The SMILES string of the molecule is CC(C)(C)OC(=O)NCc1cc2c(F)c(F)cc(C=O)c2o1. The number of amides is 1. The van der Waals surface area contributed by atoms with Gasteiger partial charge in [0.1, 0.15) is 16.9 Å². The molecule has 0 saturated carbocycles. The lowest BCUT2D eigenvalue weighted by Crippen LogP contribution is -2.32. The van der Waals surface area contributed by atoms with Crippen molar-refractivity contribution in [2.75, 3.05) is 0 Å². The minimum absolute atomic E-state index is 0.0603. The van der Waals surface area contributed by atoms with Crippen molar-refractivity contribution in [2.45, 2.75) is 32.9 Å². The van der Waals surface area contributed by atoms with Gasteiger partial charge in [0.05, 0.1) is 17.5 Å². The molecule has 0 radical (unpaired) electrons. The van der Waals surface area contributed by atoms with E-state index in [4.69, 9.17) is 9.15 Å². The second-order valence-electron chi connectivity index (χ2n) is 5.69. The molecule has 0 aliphatic rings. The van der Waals surface area contributed by atoms with Crippen molar-refractivity contribution in [2.24, 2.45) is 0 Å². The first-order valence-corrected chi connectivity index (χ1v) is 6.53. The quantitative estimate of drug-likeness (QED) is 0.880. The van der Waals surface area contributed by atoms with Crippen LogP contribution in [0.3, 0.4) is 0 Å². The Hall–Kier alpha value is -2.44. The maximum Gasteiger partial charge on any atom is 0.408 e. The van der Waals surface area contributed by atoms with E-state index in [2.05, 4.69) is 5.32 Å². The number of halogens is 2. The molecule has 0 bridgehead atoms. The van der Waals surface area contributed by atoms with Crippen LogP contribution >= 0.6 is 0 Å². The highest BCUT2D eigenvalue weighted by molar-refractivity contribution is 5.95. The van der Waals surface area contributed by atoms with Crippen LogP contribution in [0.15, 0.2) is 16.5 Å². The Morgan fingerprint density at radius 1 is 1.36 bits per heavy atom. The number of carbonyl (C=O) groups is 2. The lowest BCUT2D eigenvalue weighted by molar-refractivity contribution is 0.0520. The van der Waals surface area contributed by atoms with Gasteiger partial charge in [-0.3, -0.25) is 4.79 Å². The lowest BCUT2D eigenvalue weighted by atomic mass is 10.1. The number of nitrogens with one attached hydrogen (secondary N) is 1. The molecule has 2 rings (SSSR count). The van der Waals surface area contributed by atoms with Crippen LogP contribution in [0.4, 0.5) is 13.6 Å². The fourth-order valence-corrected chi connectivity index (χ4v) is 1.86. The van der Waals surface area contributed by atoms with Crippen LogP contribution in [0.2, 0.25) is 0 Å². The number of furan rings is 1. The molecule has 118 valence electrons. The monoisotopic (exact) mass is 311 g/mol. The smallest absolute Gasteiger partial charge is 0.408 e. The topological polar surface area (TPSA) is 68.5 Å². The number of hydrogen-bond acceptors (Lipinski definition) is 4. The number of alkyl carbamates (subject to hydrolysis) is 1. The van der Waals surface area contributed by atoms with E-state index in [0.717, 1.165) is 6.07 Å². The Labute approximate surface area is 125 Å². The van der Waals surface area contributed by atoms with Gasteiger partial charge in [-0.05, 0) is 32.9 Å². The molecule has 0 fully saturated rings. The van der Waals surface area contributed by atoms with Crippen LogP contribution in [0.1, 0.15) is 36.9 Å². The van der Waals surface area contributed by atoms with E-state index in [1.165, 1.54) is 6.07 Å². The molecule has 7 heteroatoms. The van der Waals surface area contributed by atoms with Gasteiger partial charge in [0, 0.05) is 0 Å². The molecule has 1 aromatic carbocycles. The second kappa shape index (κ2) is 5.75. The van der Waals surface area contributed by atoms with Crippen molar-refractivity contribution >= 4 is 23.3 Å². The van der Waals surface area contributed by atoms with Crippen LogP contribution in [0.25, 0.3) is 11.0 Å². The van der Waals surface area contributed by atoms with Gasteiger partial charge in [-0.1, -0.05) is 0 Å². The molecular formula is C15H15F2NO4. The third kappa shape index (κ3) is 3.41. The van der Waals surface area contributed by atoms with E-state index in [1.807, 2.05) is 0 Å². The van der Waals surface area contributed by atoms with Gasteiger partial charge >= 0.3 is 6.09 Å². The lowest BCUT2D eigenvalue weighted by Gasteiger charge is -2.19. The first-order valence-electron chi connectivity index (χ1n) is 6.53. The van der Waals surface area contributed by atoms with Gasteiger partial charge in [-0.2, -0.15) is 0 Å². The number of ether oxygens (including phenoxy) is 1. The van der Waals surface area contributed by atoms with Crippen molar-refractivity contribution in [1.29, 1.82) is 0 Å². The summed E-state index contributed by atoms with van der Waals surface area (Å²) in [4.78, 5) is 22.4. The Morgan fingerprint density at radius 2 is 2.05 bits per heavy atom. The molecular weight excluding hydrogens is 296 g/mol. The normalized spacial score (nSPS) is 11.5. The van der Waals surface area contributed by atoms with E-state index in [-0.39, 0.29) is 28.8 Å². The van der Waals surface area contributed by atoms with E-state index in [9.17, 15) is 18.4 Å². The maximum absolute atomic E-state index is 13.7. The van der Waals surface area contributed by atoms with Crippen molar-refractivity contribution < 1.29 is 27.5 Å². The summed E-state index contributed by atoms with van der Waals surface area (Å²) in [5.41, 5.74) is -0.815. The molecule has 1 amide bonds. The molecule has 0 aliphatic carbocycles. The van der Waals surface area contributed by atoms with Crippen LogP contribution in [-0.2, 0) is 11.3 Å². The molecule has 1 N–H and O–H groups in total. The fourth-order valence-electron chi connectivity index (χ4n) is 1.86. The van der Waals surface area contributed by atoms with Crippen LogP contribution < -0.4 is 5.32 Å². The predicted octanol–water partition coefficient (Wildman–Crippen LogP) is 3.55. The number of rotatable bonds is 3. The van der Waals surface area contributed by atoms with Crippen molar-refractivity contribution in [3.05, 3.63) is 35.1 Å². The summed E-state index contributed by atoms with van der Waals surface area (Å²) < 4.78 is 37.4. The fraction of sp³-hybridized carbons (Fsp3) is 0.333. The van der Waals surface area contributed by atoms with Gasteiger partial charge in [-0.15, -0.1) is 0 Å². The van der Waals surface area contributed by atoms with Crippen LogP contribution in [0, 0.1) is 11.6 Å². The molecule has 5 nitrogen and oxygen atoms in total. The maximum atomic E-state index is 13.7. The Kier molecular flexibility index (Phi) is 4.16. The standard InChI is InChI=1S/C15H15F2NO4/c1-15(2,3)22-14(20)18-6-9-5-10-12(17)11(16)4-8(7-19)13(10)21-9/h4-5,7H,6H2,1-3H3,(H,18,20). The van der Waals surface area contributed by atoms with Crippen molar-refractivity contribution in [1.82, 2.24) is 5.32 Å². The summed E-state index contributed by atoms with van der Waals surface area (Å²) in [6, 6.07) is 2.00. The molecule has 2 aromatic rings. The Balaban J connectivity index is 2.22. The van der Waals surface area contributed by atoms with Gasteiger partial charge in [0.15, 0.2) is 17.9 Å². The van der Waals surface area contributed by atoms with Crippen molar-refractivity contribution in [3.8, 4) is 0 Å². The Bertz CT molecular complexity index is 731. The average molecular weight is 311 g/mol. The number of hydrogen-bond donors (Lipinski definition) is 1. The van der Waals surface area contributed by atoms with Gasteiger partial charge in [-0.25, -0.2) is 13.6 Å². The minimum atomic E-state index is -1.14. The third-order valence-corrected chi connectivity index (χ3v) is 2.71. The molecule has 0 saturated heterocycles. The molecule has 22 heavy (non-hydrogen) atoms. The molecule has 1 heterocycles. The van der Waals surface area contributed by atoms with Gasteiger partial charge in [0.2, 0.25) is 0 Å². The van der Waals surface area contributed by atoms with E-state index in [1.54, 1.807) is 20.8 Å².